The van der Waals surface area contributed by atoms with Crippen LogP contribution < -0.4 is 0 Å². The van der Waals surface area contributed by atoms with E-state index in [4.69, 9.17) is 14.2 Å². The molecule has 0 radical (unpaired) electrons. The molecule has 0 bridgehead atoms. The van der Waals surface area contributed by atoms with Gasteiger partial charge >= 0.3 is 0 Å². The van der Waals surface area contributed by atoms with E-state index in [0.717, 1.165) is 19.3 Å². The Hall–Kier alpha value is -1.16. The van der Waals surface area contributed by atoms with Gasteiger partial charge in [0.25, 0.3) is 0 Å². The second-order valence-electron chi connectivity index (χ2n) is 4.90. The summed E-state index contributed by atoms with van der Waals surface area (Å²) in [6.45, 7) is 6.79. The SMILES string of the molecule is C=CCC[C@H](C[C@@H](C)OCOC)OCc1ccccc1. The summed E-state index contributed by atoms with van der Waals surface area (Å²) in [5, 5.41) is 0. The van der Waals surface area contributed by atoms with Gasteiger partial charge in [-0.3, -0.25) is 0 Å². The van der Waals surface area contributed by atoms with Gasteiger partial charge in [0, 0.05) is 7.11 Å². The summed E-state index contributed by atoms with van der Waals surface area (Å²) in [5.74, 6) is 0. The molecule has 0 aliphatic carbocycles. The first-order chi connectivity index (χ1) is 9.76. The van der Waals surface area contributed by atoms with E-state index < -0.39 is 0 Å². The summed E-state index contributed by atoms with van der Waals surface area (Å²) in [6, 6.07) is 10.2. The quantitative estimate of drug-likeness (QED) is 0.453. The normalized spacial score (nSPS) is 13.9. The lowest BCUT2D eigenvalue weighted by molar-refractivity contribution is -0.0865. The third-order valence-corrected chi connectivity index (χ3v) is 3.09. The fraction of sp³-hybridized carbons (Fsp3) is 0.529. The van der Waals surface area contributed by atoms with E-state index in [1.165, 1.54) is 5.56 Å². The molecule has 3 heteroatoms. The van der Waals surface area contributed by atoms with Crippen molar-refractivity contribution in [3.05, 3.63) is 48.6 Å². The van der Waals surface area contributed by atoms with Gasteiger partial charge in [-0.1, -0.05) is 36.4 Å². The highest BCUT2D eigenvalue weighted by molar-refractivity contribution is 5.13. The number of methoxy groups -OCH3 is 1. The Morgan fingerprint density at radius 1 is 1.20 bits per heavy atom. The van der Waals surface area contributed by atoms with Crippen molar-refractivity contribution in [3.8, 4) is 0 Å². The van der Waals surface area contributed by atoms with Crippen LogP contribution >= 0.6 is 0 Å². The molecule has 0 aromatic heterocycles. The van der Waals surface area contributed by atoms with Crippen LogP contribution in [0.5, 0.6) is 0 Å². The maximum atomic E-state index is 6.01. The van der Waals surface area contributed by atoms with Crippen molar-refractivity contribution in [1.29, 1.82) is 0 Å². The van der Waals surface area contributed by atoms with Crippen molar-refractivity contribution in [3.63, 3.8) is 0 Å². The van der Waals surface area contributed by atoms with Crippen LogP contribution in [0, 0.1) is 0 Å². The highest BCUT2D eigenvalue weighted by atomic mass is 16.7. The van der Waals surface area contributed by atoms with Crippen molar-refractivity contribution in [1.82, 2.24) is 0 Å². The maximum absolute atomic E-state index is 6.01. The molecule has 0 unspecified atom stereocenters. The van der Waals surface area contributed by atoms with Crippen LogP contribution in [0.4, 0.5) is 0 Å². The van der Waals surface area contributed by atoms with Crippen molar-refractivity contribution in [2.75, 3.05) is 13.9 Å². The average molecular weight is 278 g/mol. The van der Waals surface area contributed by atoms with Gasteiger partial charge in [0.05, 0.1) is 18.8 Å². The van der Waals surface area contributed by atoms with Crippen molar-refractivity contribution >= 4 is 0 Å². The molecule has 0 N–H and O–H groups in total. The van der Waals surface area contributed by atoms with Crippen LogP contribution in [0.3, 0.4) is 0 Å². The van der Waals surface area contributed by atoms with Gasteiger partial charge in [-0.25, -0.2) is 0 Å². The summed E-state index contributed by atoms with van der Waals surface area (Å²) in [6.07, 6.45) is 5.03. The minimum Gasteiger partial charge on any atom is -0.373 e. The number of benzene rings is 1. The van der Waals surface area contributed by atoms with Crippen LogP contribution in [0.15, 0.2) is 43.0 Å². The van der Waals surface area contributed by atoms with Crippen LogP contribution in [0.25, 0.3) is 0 Å². The van der Waals surface area contributed by atoms with Gasteiger partial charge in [0.1, 0.15) is 6.79 Å². The smallest absolute Gasteiger partial charge is 0.146 e. The molecule has 0 aliphatic rings. The Morgan fingerprint density at radius 3 is 2.60 bits per heavy atom. The predicted octanol–water partition coefficient (Wildman–Crippen LogP) is 3.94. The Balaban J connectivity index is 2.40. The fourth-order valence-corrected chi connectivity index (χ4v) is 1.98. The topological polar surface area (TPSA) is 27.7 Å². The van der Waals surface area contributed by atoms with Gasteiger partial charge in [0.15, 0.2) is 0 Å². The highest BCUT2D eigenvalue weighted by Crippen LogP contribution is 2.15. The van der Waals surface area contributed by atoms with Crippen molar-refractivity contribution < 1.29 is 14.2 Å². The summed E-state index contributed by atoms with van der Waals surface area (Å²) >= 11 is 0. The van der Waals surface area contributed by atoms with E-state index in [0.29, 0.717) is 13.4 Å². The molecule has 20 heavy (non-hydrogen) atoms. The molecule has 0 spiro atoms. The Bertz CT molecular complexity index is 351. The van der Waals surface area contributed by atoms with Crippen LogP contribution in [-0.2, 0) is 20.8 Å². The molecular formula is C17H26O3. The van der Waals surface area contributed by atoms with Crippen LogP contribution in [0.2, 0.25) is 0 Å². The number of hydrogen-bond donors (Lipinski definition) is 0. The zero-order chi connectivity index (χ0) is 14.6. The standard InChI is InChI=1S/C17H26O3/c1-4-5-11-17(12-15(2)20-14-18-3)19-13-16-9-7-6-8-10-16/h4,6-10,15,17H,1,5,11-14H2,2-3H3/t15-,17-/m1/s1. The first-order valence-electron chi connectivity index (χ1n) is 7.13. The van der Waals surface area contributed by atoms with Crippen molar-refractivity contribution in [2.24, 2.45) is 0 Å². The second-order valence-corrected chi connectivity index (χ2v) is 4.90. The van der Waals surface area contributed by atoms with Gasteiger partial charge in [-0.05, 0) is 31.7 Å². The number of ether oxygens (including phenoxy) is 3. The third kappa shape index (κ3) is 7.43. The lowest BCUT2D eigenvalue weighted by Crippen LogP contribution is -2.22. The Labute approximate surface area is 122 Å². The van der Waals surface area contributed by atoms with Crippen LogP contribution in [0.1, 0.15) is 31.7 Å². The predicted molar refractivity (Wildman–Crippen MR) is 81.5 cm³/mol. The minimum absolute atomic E-state index is 0.125. The van der Waals surface area contributed by atoms with E-state index in [1.54, 1.807) is 7.11 Å². The molecule has 0 fully saturated rings. The van der Waals surface area contributed by atoms with Crippen LogP contribution in [-0.4, -0.2) is 26.1 Å². The molecule has 0 aliphatic heterocycles. The van der Waals surface area contributed by atoms with Gasteiger partial charge in [-0.15, -0.1) is 6.58 Å². The first-order valence-corrected chi connectivity index (χ1v) is 7.13. The van der Waals surface area contributed by atoms with Gasteiger partial charge < -0.3 is 14.2 Å². The molecule has 0 saturated heterocycles. The minimum atomic E-state index is 0.125. The molecular weight excluding hydrogens is 252 g/mol. The molecule has 112 valence electrons. The van der Waals surface area contributed by atoms with E-state index in [1.807, 2.05) is 31.2 Å². The molecule has 0 heterocycles. The van der Waals surface area contributed by atoms with E-state index >= 15 is 0 Å². The largest absolute Gasteiger partial charge is 0.373 e. The van der Waals surface area contributed by atoms with Crippen molar-refractivity contribution in [2.45, 2.75) is 45.0 Å². The van der Waals surface area contributed by atoms with E-state index in [-0.39, 0.29) is 12.2 Å². The molecule has 2 atom stereocenters. The lowest BCUT2D eigenvalue weighted by Gasteiger charge is -2.21. The Morgan fingerprint density at radius 2 is 1.95 bits per heavy atom. The molecule has 3 nitrogen and oxygen atoms in total. The number of hydrogen-bond acceptors (Lipinski definition) is 3. The Kier molecular flexibility index (Phi) is 8.96. The average Bonchev–Trinajstić information content (AvgIpc) is 2.49. The summed E-state index contributed by atoms with van der Waals surface area (Å²) < 4.78 is 16.5. The summed E-state index contributed by atoms with van der Waals surface area (Å²) in [4.78, 5) is 0. The summed E-state index contributed by atoms with van der Waals surface area (Å²) in [7, 11) is 1.63. The van der Waals surface area contributed by atoms with E-state index in [9.17, 15) is 0 Å². The highest BCUT2D eigenvalue weighted by Gasteiger charge is 2.14. The lowest BCUT2D eigenvalue weighted by atomic mass is 10.1. The monoisotopic (exact) mass is 278 g/mol. The zero-order valence-electron chi connectivity index (χ0n) is 12.6. The van der Waals surface area contributed by atoms with Gasteiger partial charge in [0.2, 0.25) is 0 Å². The second kappa shape index (κ2) is 10.6. The summed E-state index contributed by atoms with van der Waals surface area (Å²) in [5.41, 5.74) is 1.20. The number of allylic oxidation sites excluding steroid dienone is 1. The molecule has 0 saturated carbocycles. The first kappa shape index (κ1) is 16.9. The maximum Gasteiger partial charge on any atom is 0.146 e. The third-order valence-electron chi connectivity index (χ3n) is 3.09. The zero-order valence-corrected chi connectivity index (χ0v) is 12.6. The molecule has 0 amide bonds. The molecule has 1 aromatic carbocycles. The number of rotatable bonds is 11. The van der Waals surface area contributed by atoms with Gasteiger partial charge in [-0.2, -0.15) is 0 Å². The fourth-order valence-electron chi connectivity index (χ4n) is 1.98. The molecule has 1 rings (SSSR count). The van der Waals surface area contributed by atoms with E-state index in [2.05, 4.69) is 18.7 Å². The molecule has 1 aromatic rings.